The van der Waals surface area contributed by atoms with Gasteiger partial charge in [-0.3, -0.25) is 0 Å². The van der Waals surface area contributed by atoms with Crippen molar-refractivity contribution >= 4 is 40.0 Å². The average molecular weight is 563 g/mol. The molecule has 0 unspecified atom stereocenters. The van der Waals surface area contributed by atoms with Crippen LogP contribution in [0.25, 0.3) is 0 Å². The third-order valence-electron chi connectivity index (χ3n) is 4.70. The molecule has 11 heteroatoms. The molecule has 0 amide bonds. The Balaban J connectivity index is 0.00000341. The molecular formula is C20H30IN5O4S. The van der Waals surface area contributed by atoms with Crippen molar-refractivity contribution in [2.75, 3.05) is 45.9 Å². The molecular weight excluding hydrogens is 533 g/mol. The lowest BCUT2D eigenvalue weighted by Crippen LogP contribution is -2.54. The summed E-state index contributed by atoms with van der Waals surface area (Å²) in [5.74, 6) is 1.47. The summed E-state index contributed by atoms with van der Waals surface area (Å²) >= 11 is 0. The van der Waals surface area contributed by atoms with Crippen molar-refractivity contribution in [1.29, 1.82) is 0 Å². The molecule has 9 nitrogen and oxygen atoms in total. The maximum Gasteiger partial charge on any atom is 0.220 e. The van der Waals surface area contributed by atoms with E-state index >= 15 is 0 Å². The number of aromatic nitrogens is 1. The standard InChI is InChI=1S/C20H29N5O4S.HI/c1-3-21-20(22-8-14-28-19-6-4-5-17(2)15-19)24-9-11-25(12-10-24)30(26,27)16-18-7-13-29-23-18;/h4-7,13,15H,3,8-12,14,16H2,1-2H3,(H,21,22);1H. The minimum atomic E-state index is -3.42. The maximum atomic E-state index is 12.6. The summed E-state index contributed by atoms with van der Waals surface area (Å²) in [5.41, 5.74) is 1.57. The van der Waals surface area contributed by atoms with Crippen molar-refractivity contribution in [1.82, 2.24) is 19.7 Å². The number of piperazine rings is 1. The van der Waals surface area contributed by atoms with Gasteiger partial charge in [-0.25, -0.2) is 13.4 Å². The molecule has 0 saturated carbocycles. The summed E-state index contributed by atoms with van der Waals surface area (Å²) in [4.78, 5) is 6.72. The van der Waals surface area contributed by atoms with E-state index in [9.17, 15) is 8.42 Å². The zero-order valence-electron chi connectivity index (χ0n) is 17.9. The second-order valence-electron chi connectivity index (χ2n) is 7.03. The molecule has 2 heterocycles. The van der Waals surface area contributed by atoms with Gasteiger partial charge in [-0.1, -0.05) is 17.3 Å². The van der Waals surface area contributed by atoms with E-state index in [4.69, 9.17) is 9.26 Å². The second-order valence-corrected chi connectivity index (χ2v) is 9.00. The van der Waals surface area contributed by atoms with Crippen LogP contribution in [0.2, 0.25) is 0 Å². The van der Waals surface area contributed by atoms with Gasteiger partial charge >= 0.3 is 0 Å². The number of nitrogens with zero attached hydrogens (tertiary/aromatic N) is 4. The van der Waals surface area contributed by atoms with Crippen LogP contribution in [0.15, 0.2) is 46.1 Å². The molecule has 2 aromatic rings. The number of aliphatic imine (C=N–C) groups is 1. The van der Waals surface area contributed by atoms with Gasteiger partial charge in [-0.2, -0.15) is 4.31 Å². The minimum Gasteiger partial charge on any atom is -0.492 e. The third kappa shape index (κ3) is 7.65. The van der Waals surface area contributed by atoms with E-state index in [-0.39, 0.29) is 29.7 Å². The van der Waals surface area contributed by atoms with Gasteiger partial charge in [-0.15, -0.1) is 24.0 Å². The Morgan fingerprint density at radius 2 is 2.03 bits per heavy atom. The Labute approximate surface area is 200 Å². The first-order valence-corrected chi connectivity index (χ1v) is 11.7. The molecule has 1 fully saturated rings. The van der Waals surface area contributed by atoms with Crippen LogP contribution < -0.4 is 10.1 Å². The van der Waals surface area contributed by atoms with Crippen molar-refractivity contribution in [2.24, 2.45) is 4.99 Å². The minimum absolute atomic E-state index is 0. The first-order chi connectivity index (χ1) is 14.5. The van der Waals surface area contributed by atoms with Gasteiger partial charge in [0.15, 0.2) is 5.96 Å². The number of aryl methyl sites for hydroxylation is 1. The van der Waals surface area contributed by atoms with E-state index in [1.165, 1.54) is 10.6 Å². The van der Waals surface area contributed by atoms with E-state index in [0.717, 1.165) is 23.8 Å². The fourth-order valence-electron chi connectivity index (χ4n) is 3.21. The van der Waals surface area contributed by atoms with Crippen molar-refractivity contribution in [3.8, 4) is 5.75 Å². The summed E-state index contributed by atoms with van der Waals surface area (Å²) < 4.78 is 37.2. The van der Waals surface area contributed by atoms with Crippen LogP contribution in [0.1, 0.15) is 18.2 Å². The third-order valence-corrected chi connectivity index (χ3v) is 6.51. The lowest BCUT2D eigenvalue weighted by Gasteiger charge is -2.35. The Hall–Kier alpha value is -1.86. The van der Waals surface area contributed by atoms with E-state index < -0.39 is 10.0 Å². The molecule has 1 aliphatic heterocycles. The number of nitrogens with one attached hydrogen (secondary N) is 1. The first kappa shape index (κ1) is 25.4. The van der Waals surface area contributed by atoms with Crippen LogP contribution in [0.4, 0.5) is 0 Å². The maximum absolute atomic E-state index is 12.6. The highest BCUT2D eigenvalue weighted by Gasteiger charge is 2.28. The lowest BCUT2D eigenvalue weighted by molar-refractivity contribution is 0.259. The fourth-order valence-corrected chi connectivity index (χ4v) is 4.64. The highest BCUT2D eigenvalue weighted by Crippen LogP contribution is 2.14. The van der Waals surface area contributed by atoms with Crippen LogP contribution >= 0.6 is 24.0 Å². The SMILES string of the molecule is CCNC(=NCCOc1cccc(C)c1)N1CCN(S(=O)(=O)Cc2ccon2)CC1.I. The van der Waals surface area contributed by atoms with Gasteiger partial charge < -0.3 is 19.5 Å². The number of ether oxygens (including phenoxy) is 1. The summed E-state index contributed by atoms with van der Waals surface area (Å²) in [5, 5.41) is 6.98. The van der Waals surface area contributed by atoms with Crippen LogP contribution in [-0.4, -0.2) is 74.6 Å². The average Bonchev–Trinajstić information content (AvgIpc) is 3.23. The largest absolute Gasteiger partial charge is 0.492 e. The molecule has 1 N–H and O–H groups in total. The number of sulfonamides is 1. The van der Waals surface area contributed by atoms with E-state index in [1.54, 1.807) is 6.07 Å². The van der Waals surface area contributed by atoms with Gasteiger partial charge in [0.25, 0.3) is 0 Å². The predicted molar refractivity (Wildman–Crippen MR) is 130 cm³/mol. The van der Waals surface area contributed by atoms with Crippen LogP contribution in [0.5, 0.6) is 5.75 Å². The molecule has 1 saturated heterocycles. The molecule has 1 aromatic heterocycles. The predicted octanol–water partition coefficient (Wildman–Crippen LogP) is 2.09. The van der Waals surface area contributed by atoms with Crippen LogP contribution in [0, 0.1) is 6.92 Å². The van der Waals surface area contributed by atoms with Gasteiger partial charge in [-0.05, 0) is 31.5 Å². The Bertz CT molecular complexity index is 929. The molecule has 0 aliphatic carbocycles. The number of halogens is 1. The molecule has 0 spiro atoms. The molecule has 31 heavy (non-hydrogen) atoms. The van der Waals surface area contributed by atoms with Crippen molar-refractivity contribution in [2.45, 2.75) is 19.6 Å². The first-order valence-electron chi connectivity index (χ1n) is 10.1. The smallest absolute Gasteiger partial charge is 0.220 e. The molecule has 0 atom stereocenters. The lowest BCUT2D eigenvalue weighted by atomic mass is 10.2. The normalized spacial score (nSPS) is 15.4. The Kier molecular flexibility index (Phi) is 10.0. The van der Waals surface area contributed by atoms with Crippen molar-refractivity contribution in [3.05, 3.63) is 47.9 Å². The summed E-state index contributed by atoms with van der Waals surface area (Å²) in [7, 11) is -3.42. The Morgan fingerprint density at radius 3 is 2.68 bits per heavy atom. The molecule has 1 aromatic carbocycles. The highest BCUT2D eigenvalue weighted by molar-refractivity contribution is 14.0. The zero-order chi connectivity index (χ0) is 21.4. The number of hydrogen-bond acceptors (Lipinski definition) is 6. The van der Waals surface area contributed by atoms with Gasteiger partial charge in [0.2, 0.25) is 10.0 Å². The van der Waals surface area contributed by atoms with Gasteiger partial charge in [0.05, 0.1) is 12.2 Å². The number of rotatable bonds is 8. The number of benzene rings is 1. The number of guanidine groups is 1. The van der Waals surface area contributed by atoms with Crippen LogP contribution in [0.3, 0.4) is 0 Å². The van der Waals surface area contributed by atoms with E-state index in [2.05, 4.69) is 20.4 Å². The van der Waals surface area contributed by atoms with Gasteiger partial charge in [0.1, 0.15) is 24.4 Å². The summed E-state index contributed by atoms with van der Waals surface area (Å²) in [6.07, 6.45) is 1.38. The fraction of sp³-hybridized carbons (Fsp3) is 0.500. The van der Waals surface area contributed by atoms with E-state index in [0.29, 0.717) is 45.0 Å². The quantitative estimate of drug-likeness (QED) is 0.227. The molecule has 1 aliphatic rings. The summed E-state index contributed by atoms with van der Waals surface area (Å²) in [6.45, 7) is 7.73. The van der Waals surface area contributed by atoms with Crippen LogP contribution in [-0.2, 0) is 15.8 Å². The molecule has 3 rings (SSSR count). The van der Waals surface area contributed by atoms with E-state index in [1.807, 2.05) is 38.1 Å². The van der Waals surface area contributed by atoms with Crippen molar-refractivity contribution < 1.29 is 17.7 Å². The second kappa shape index (κ2) is 12.2. The molecule has 0 bridgehead atoms. The van der Waals surface area contributed by atoms with Gasteiger partial charge in [0, 0.05) is 38.8 Å². The summed E-state index contributed by atoms with van der Waals surface area (Å²) in [6, 6.07) is 9.49. The Morgan fingerprint density at radius 1 is 1.26 bits per heavy atom. The number of hydrogen-bond donors (Lipinski definition) is 1. The monoisotopic (exact) mass is 563 g/mol. The van der Waals surface area contributed by atoms with Crippen molar-refractivity contribution in [3.63, 3.8) is 0 Å². The molecule has 0 radical (unpaired) electrons. The molecule has 172 valence electrons. The topological polar surface area (TPSA) is 100 Å². The zero-order valence-corrected chi connectivity index (χ0v) is 21.0. The highest BCUT2D eigenvalue weighted by atomic mass is 127.